The predicted octanol–water partition coefficient (Wildman–Crippen LogP) is 9.44. The van der Waals surface area contributed by atoms with E-state index in [0.717, 1.165) is 44.9 Å². The van der Waals surface area contributed by atoms with Crippen LogP contribution in [0.4, 0.5) is 0 Å². The van der Waals surface area contributed by atoms with E-state index in [4.69, 9.17) is 28.4 Å². The normalized spacial score (nSPS) is 28.5. The lowest BCUT2D eigenvalue weighted by atomic mass is 9.96. The average Bonchev–Trinajstić information content (AvgIpc) is 3.70. The van der Waals surface area contributed by atoms with Crippen molar-refractivity contribution < 1.29 is 89.4 Å². The fourth-order valence-electron chi connectivity index (χ4n) is 12.2. The lowest BCUT2D eigenvalue weighted by Gasteiger charge is -2.48. The fraction of sp³-hybridized carbons (Fsp3) is 0.928. The number of carbonyl (C=O) groups excluding carboxylic acids is 1. The van der Waals surface area contributed by atoms with Crippen molar-refractivity contribution in [1.82, 2.24) is 5.32 Å². The van der Waals surface area contributed by atoms with Crippen molar-refractivity contribution in [3.05, 3.63) is 24.3 Å². The SMILES string of the molecule is CCCCCCCCCC/C=C\CCCCCCCCCCCCCCCC(=O)NC(COC1OC(CO)C(OC2OC(CO)C(OC3OC(CO)C(O)C(O)C3O)C(O)C2O)C(O)C1O)C(O)/C=C/CCCCCCCCCCCCCCCCCC. The van der Waals surface area contributed by atoms with Gasteiger partial charge in [-0.05, 0) is 44.9 Å². The van der Waals surface area contributed by atoms with Crippen molar-refractivity contribution in [3.63, 3.8) is 0 Å². The highest BCUT2D eigenvalue weighted by Crippen LogP contribution is 2.33. The zero-order chi connectivity index (χ0) is 64.0. The predicted molar refractivity (Wildman–Crippen MR) is 342 cm³/mol. The topological polar surface area (TPSA) is 307 Å². The number of ether oxygens (including phenoxy) is 6. The number of aliphatic hydroxyl groups excluding tert-OH is 11. The quantitative estimate of drug-likeness (QED) is 0.0199. The molecule has 88 heavy (non-hydrogen) atoms. The van der Waals surface area contributed by atoms with E-state index in [9.17, 15) is 61.0 Å². The standard InChI is InChI=1S/C69H129NO18/c1-3-5-7-9-11-13-15-17-19-21-23-24-25-26-27-28-29-31-33-35-37-39-41-43-45-47-57(75)70-52(53(74)46-44-42-40-38-36-34-32-30-22-20-18-16-14-12-10-8-6-4-2)51-83-67-63(81)60(78)65(55(49-72)85-67)88-69-64(82)61(79)66(56(50-73)86-69)87-68-62(80)59(77)58(76)54(48-71)84-68/h21,23,44,46,52-56,58-69,71-74,76-82H,3-20,22,24-43,45,47-51H2,1-2H3,(H,70,75)/b23-21-,46-44+. The maximum Gasteiger partial charge on any atom is 0.220 e. The van der Waals surface area contributed by atoms with Gasteiger partial charge in [-0.1, -0.05) is 250 Å². The van der Waals surface area contributed by atoms with Crippen molar-refractivity contribution >= 4 is 5.91 Å². The van der Waals surface area contributed by atoms with E-state index in [2.05, 4.69) is 31.3 Å². The Bertz CT molecular complexity index is 1690. The third-order valence-electron chi connectivity index (χ3n) is 18.0. The van der Waals surface area contributed by atoms with Crippen LogP contribution in [0.2, 0.25) is 0 Å². The summed E-state index contributed by atoms with van der Waals surface area (Å²) in [4.78, 5) is 13.4. The monoisotopic (exact) mass is 1260 g/mol. The molecule has 518 valence electrons. The molecule has 0 aromatic carbocycles. The van der Waals surface area contributed by atoms with Crippen molar-refractivity contribution in [1.29, 1.82) is 0 Å². The molecule has 0 saturated carbocycles. The van der Waals surface area contributed by atoms with E-state index >= 15 is 0 Å². The van der Waals surface area contributed by atoms with Crippen LogP contribution in [-0.2, 0) is 33.2 Å². The molecule has 0 aromatic heterocycles. The molecule has 3 heterocycles. The second-order valence-corrected chi connectivity index (χ2v) is 25.7. The third kappa shape index (κ3) is 33.4. The Morgan fingerprint density at radius 1 is 0.398 bits per heavy atom. The second-order valence-electron chi connectivity index (χ2n) is 25.7. The van der Waals surface area contributed by atoms with Crippen molar-refractivity contribution in [2.45, 2.75) is 381 Å². The Balaban J connectivity index is 1.43. The zero-order valence-corrected chi connectivity index (χ0v) is 54.7. The van der Waals surface area contributed by atoms with Gasteiger partial charge >= 0.3 is 0 Å². The summed E-state index contributed by atoms with van der Waals surface area (Å²) in [6, 6.07) is -0.971. The first-order chi connectivity index (χ1) is 42.8. The Kier molecular flexibility index (Phi) is 47.3. The minimum Gasteiger partial charge on any atom is -0.394 e. The highest BCUT2D eigenvalue weighted by atomic mass is 16.8. The molecular weight excluding hydrogens is 1130 g/mol. The van der Waals surface area contributed by atoms with Gasteiger partial charge in [0.1, 0.15) is 73.2 Å². The van der Waals surface area contributed by atoms with Crippen molar-refractivity contribution in [2.24, 2.45) is 0 Å². The van der Waals surface area contributed by atoms with E-state index in [-0.39, 0.29) is 18.9 Å². The second kappa shape index (κ2) is 51.7. The van der Waals surface area contributed by atoms with Crippen LogP contribution in [0, 0.1) is 0 Å². The number of hydrogen-bond donors (Lipinski definition) is 12. The van der Waals surface area contributed by atoms with Gasteiger partial charge < -0.3 is 89.9 Å². The number of aliphatic hydroxyl groups is 11. The first-order valence-corrected chi connectivity index (χ1v) is 35.6. The molecule has 0 radical (unpaired) electrons. The van der Waals surface area contributed by atoms with Gasteiger partial charge in [0.25, 0.3) is 0 Å². The summed E-state index contributed by atoms with van der Waals surface area (Å²) in [7, 11) is 0. The molecule has 3 rings (SSSR count). The molecule has 0 spiro atoms. The Morgan fingerprint density at radius 3 is 1.10 bits per heavy atom. The molecule has 0 aromatic rings. The summed E-state index contributed by atoms with van der Waals surface area (Å²) in [6.07, 6.45) is 31.5. The number of allylic oxidation sites excluding steroid dienone is 3. The molecule has 3 aliphatic rings. The number of nitrogens with one attached hydrogen (secondary N) is 1. The van der Waals surface area contributed by atoms with Gasteiger partial charge in [0.15, 0.2) is 18.9 Å². The first-order valence-electron chi connectivity index (χ1n) is 35.6. The molecule has 17 unspecified atom stereocenters. The maximum atomic E-state index is 13.4. The molecule has 0 bridgehead atoms. The van der Waals surface area contributed by atoms with Crippen molar-refractivity contribution in [2.75, 3.05) is 26.4 Å². The summed E-state index contributed by atoms with van der Waals surface area (Å²) < 4.78 is 34.4. The molecule has 3 saturated heterocycles. The van der Waals surface area contributed by atoms with Gasteiger partial charge in [-0.15, -0.1) is 0 Å². The Labute approximate surface area is 530 Å². The number of carbonyl (C=O) groups is 1. The van der Waals surface area contributed by atoms with E-state index in [1.165, 1.54) is 205 Å². The highest BCUT2D eigenvalue weighted by Gasteiger charge is 2.53. The number of unbranched alkanes of at least 4 members (excludes halogenated alkanes) is 37. The van der Waals surface area contributed by atoms with Gasteiger partial charge in [-0.3, -0.25) is 4.79 Å². The molecular formula is C69H129NO18. The molecule has 3 aliphatic heterocycles. The third-order valence-corrected chi connectivity index (χ3v) is 18.0. The van der Waals surface area contributed by atoms with Gasteiger partial charge in [0, 0.05) is 6.42 Å². The van der Waals surface area contributed by atoms with E-state index < -0.39 is 124 Å². The van der Waals surface area contributed by atoms with Crippen LogP contribution in [-0.4, -0.2) is 193 Å². The minimum atomic E-state index is -1.98. The summed E-state index contributed by atoms with van der Waals surface area (Å²) in [5.41, 5.74) is 0. The number of amides is 1. The minimum absolute atomic E-state index is 0.246. The summed E-state index contributed by atoms with van der Waals surface area (Å²) in [6.45, 7) is 1.76. The van der Waals surface area contributed by atoms with Crippen LogP contribution in [0.15, 0.2) is 24.3 Å². The van der Waals surface area contributed by atoms with Gasteiger partial charge in [0.05, 0.1) is 38.6 Å². The largest absolute Gasteiger partial charge is 0.394 e. The Morgan fingerprint density at radius 2 is 0.716 bits per heavy atom. The molecule has 3 fully saturated rings. The van der Waals surface area contributed by atoms with Crippen LogP contribution in [0.1, 0.15) is 277 Å². The van der Waals surface area contributed by atoms with Crippen LogP contribution >= 0.6 is 0 Å². The van der Waals surface area contributed by atoms with Gasteiger partial charge in [0.2, 0.25) is 5.91 Å². The van der Waals surface area contributed by atoms with Crippen LogP contribution in [0.3, 0.4) is 0 Å². The molecule has 1 amide bonds. The van der Waals surface area contributed by atoms with E-state index in [0.29, 0.717) is 6.42 Å². The van der Waals surface area contributed by atoms with Crippen LogP contribution < -0.4 is 5.32 Å². The number of hydrogen-bond acceptors (Lipinski definition) is 18. The zero-order valence-electron chi connectivity index (χ0n) is 54.7. The summed E-state index contributed by atoms with van der Waals surface area (Å²) >= 11 is 0. The maximum absolute atomic E-state index is 13.4. The van der Waals surface area contributed by atoms with Gasteiger partial charge in [-0.25, -0.2) is 0 Å². The molecule has 0 aliphatic carbocycles. The van der Waals surface area contributed by atoms with E-state index in [1.54, 1.807) is 6.08 Å². The summed E-state index contributed by atoms with van der Waals surface area (Å²) in [5.74, 6) is -0.272. The van der Waals surface area contributed by atoms with Crippen LogP contribution in [0.25, 0.3) is 0 Å². The van der Waals surface area contributed by atoms with Crippen LogP contribution in [0.5, 0.6) is 0 Å². The number of rotatable bonds is 55. The lowest BCUT2D eigenvalue weighted by Crippen LogP contribution is -2.66. The first kappa shape index (κ1) is 80.5. The van der Waals surface area contributed by atoms with E-state index in [1.807, 2.05) is 6.08 Å². The highest BCUT2D eigenvalue weighted by molar-refractivity contribution is 5.76. The average molecular weight is 1260 g/mol. The molecule has 17 atom stereocenters. The fourth-order valence-corrected chi connectivity index (χ4v) is 12.2. The van der Waals surface area contributed by atoms with Gasteiger partial charge in [-0.2, -0.15) is 0 Å². The summed E-state index contributed by atoms with van der Waals surface area (Å²) in [5, 5.41) is 121. The lowest BCUT2D eigenvalue weighted by molar-refractivity contribution is -0.379. The smallest absolute Gasteiger partial charge is 0.220 e. The molecule has 19 nitrogen and oxygen atoms in total. The Hall–Kier alpha value is -1.73. The van der Waals surface area contributed by atoms with Crippen molar-refractivity contribution in [3.8, 4) is 0 Å². The molecule has 12 N–H and O–H groups in total. The molecule has 19 heteroatoms.